The molecule has 0 fully saturated rings. The van der Waals surface area contributed by atoms with Crippen LogP contribution >= 0.6 is 11.6 Å². The molecule has 1 unspecified atom stereocenters. The monoisotopic (exact) mass is 441 g/mol. The summed E-state index contributed by atoms with van der Waals surface area (Å²) >= 11 is 5.91. The first-order valence-electron chi connectivity index (χ1n) is 10.2. The van der Waals surface area contributed by atoms with Crippen molar-refractivity contribution in [2.75, 3.05) is 13.7 Å². The number of carbonyl (C=O) groups is 1. The number of ether oxygens (including phenoxy) is 2. The molecule has 0 radical (unpaired) electrons. The third kappa shape index (κ3) is 6.25. The van der Waals surface area contributed by atoms with Crippen molar-refractivity contribution in [3.05, 3.63) is 76.1 Å². The summed E-state index contributed by atoms with van der Waals surface area (Å²) in [6.45, 7) is 7.78. The number of amides is 1. The van der Waals surface area contributed by atoms with E-state index in [1.807, 2.05) is 48.9 Å². The maximum Gasteiger partial charge on any atom is 0.251 e. The highest BCUT2D eigenvalue weighted by Gasteiger charge is 2.13. The molecule has 1 aromatic heterocycles. The lowest BCUT2D eigenvalue weighted by Gasteiger charge is -2.15. The summed E-state index contributed by atoms with van der Waals surface area (Å²) in [6.07, 6.45) is 0. The Hall–Kier alpha value is -2.99. The number of hydrogen-bond donors (Lipinski definition) is 1. The Bertz CT molecular complexity index is 1030. The van der Waals surface area contributed by atoms with Crippen molar-refractivity contribution in [2.24, 2.45) is 5.92 Å². The summed E-state index contributed by atoms with van der Waals surface area (Å²) in [6, 6.07) is 14.7. The van der Waals surface area contributed by atoms with Crippen LogP contribution < -0.4 is 14.8 Å². The molecule has 0 bridgehead atoms. The highest BCUT2D eigenvalue weighted by molar-refractivity contribution is 6.30. The average molecular weight is 442 g/mol. The zero-order valence-corrected chi connectivity index (χ0v) is 19.1. The topological polar surface area (TPSA) is 65.4 Å². The second kappa shape index (κ2) is 10.4. The van der Waals surface area contributed by atoms with E-state index in [-0.39, 0.29) is 11.8 Å². The number of nitrogens with one attached hydrogen (secondary N) is 1. The van der Waals surface area contributed by atoms with Gasteiger partial charge in [-0.2, -0.15) is 5.10 Å². The number of aryl methyl sites for hydroxylation is 2. The predicted octanol–water partition coefficient (Wildman–Crippen LogP) is 4.81. The maximum absolute atomic E-state index is 12.6. The first kappa shape index (κ1) is 22.7. The fraction of sp³-hybridized carbons (Fsp3) is 0.333. The average Bonchev–Trinajstić information content (AvgIpc) is 3.07. The van der Waals surface area contributed by atoms with Crippen molar-refractivity contribution >= 4 is 17.5 Å². The van der Waals surface area contributed by atoms with E-state index in [2.05, 4.69) is 17.3 Å². The zero-order valence-electron chi connectivity index (χ0n) is 18.3. The van der Waals surface area contributed by atoms with Gasteiger partial charge in [0.25, 0.3) is 5.91 Å². The number of hydrogen-bond acceptors (Lipinski definition) is 4. The van der Waals surface area contributed by atoms with Gasteiger partial charge in [-0.15, -0.1) is 0 Å². The number of aromatic nitrogens is 2. The second-order valence-electron chi connectivity index (χ2n) is 7.71. The first-order valence-corrected chi connectivity index (χ1v) is 10.6. The van der Waals surface area contributed by atoms with Crippen molar-refractivity contribution in [2.45, 2.75) is 33.9 Å². The van der Waals surface area contributed by atoms with Gasteiger partial charge in [-0.25, -0.2) is 0 Å². The van der Waals surface area contributed by atoms with Gasteiger partial charge < -0.3 is 14.8 Å². The number of methoxy groups -OCH3 is 1. The molecule has 1 amide bonds. The van der Waals surface area contributed by atoms with E-state index in [4.69, 9.17) is 21.1 Å². The summed E-state index contributed by atoms with van der Waals surface area (Å²) in [5, 5.41) is 8.15. The molecule has 0 aliphatic carbocycles. The molecule has 0 aliphatic heterocycles. The summed E-state index contributed by atoms with van der Waals surface area (Å²) in [4.78, 5) is 12.6. The zero-order chi connectivity index (χ0) is 22.4. The third-order valence-electron chi connectivity index (χ3n) is 4.93. The second-order valence-corrected chi connectivity index (χ2v) is 8.14. The molecule has 0 spiro atoms. The van der Waals surface area contributed by atoms with Gasteiger partial charge >= 0.3 is 0 Å². The van der Waals surface area contributed by atoms with Gasteiger partial charge in [-0.05, 0) is 61.7 Å². The molecule has 0 saturated carbocycles. The quantitative estimate of drug-likeness (QED) is 0.517. The highest BCUT2D eigenvalue weighted by Crippen LogP contribution is 2.29. The van der Waals surface area contributed by atoms with Gasteiger partial charge in [-0.3, -0.25) is 9.48 Å². The minimum absolute atomic E-state index is 0.150. The van der Waals surface area contributed by atoms with Crippen molar-refractivity contribution in [3.63, 3.8) is 0 Å². The molecular weight excluding hydrogens is 414 g/mol. The molecule has 31 heavy (non-hydrogen) atoms. The molecule has 6 nitrogen and oxygen atoms in total. The van der Waals surface area contributed by atoms with Crippen LogP contribution in [0.3, 0.4) is 0 Å². The Morgan fingerprint density at radius 1 is 1.13 bits per heavy atom. The van der Waals surface area contributed by atoms with E-state index >= 15 is 0 Å². The van der Waals surface area contributed by atoms with Crippen LogP contribution in [0.15, 0.2) is 48.5 Å². The van der Waals surface area contributed by atoms with Crippen LogP contribution in [0.25, 0.3) is 0 Å². The van der Waals surface area contributed by atoms with E-state index in [0.717, 1.165) is 23.5 Å². The van der Waals surface area contributed by atoms with E-state index in [1.54, 1.807) is 25.3 Å². The largest absolute Gasteiger partial charge is 0.493 e. The summed E-state index contributed by atoms with van der Waals surface area (Å²) < 4.78 is 13.3. The first-order chi connectivity index (χ1) is 14.9. The SMILES string of the molecule is COc1cc(C(=O)NCC(C)Cn2nc(C)cc2C)ccc1OCc1ccc(Cl)cc1. The maximum atomic E-state index is 12.6. The fourth-order valence-electron chi connectivity index (χ4n) is 3.26. The lowest BCUT2D eigenvalue weighted by Crippen LogP contribution is -2.30. The van der Waals surface area contributed by atoms with Gasteiger partial charge in [0.15, 0.2) is 11.5 Å². The molecule has 1 heterocycles. The number of rotatable bonds is 9. The number of benzene rings is 2. The van der Waals surface area contributed by atoms with Crippen molar-refractivity contribution < 1.29 is 14.3 Å². The summed E-state index contributed by atoms with van der Waals surface area (Å²) in [5.74, 6) is 1.18. The number of nitrogens with zero attached hydrogens (tertiary/aromatic N) is 2. The van der Waals surface area contributed by atoms with Gasteiger partial charge in [0.1, 0.15) is 6.61 Å². The van der Waals surface area contributed by atoms with Crippen molar-refractivity contribution in [3.8, 4) is 11.5 Å². The molecule has 0 aliphatic rings. The van der Waals surface area contributed by atoms with Crippen LogP contribution in [-0.2, 0) is 13.2 Å². The molecule has 3 rings (SSSR count). The van der Waals surface area contributed by atoms with Crippen LogP contribution in [0.4, 0.5) is 0 Å². The van der Waals surface area contributed by atoms with Gasteiger partial charge in [0.05, 0.1) is 12.8 Å². The van der Waals surface area contributed by atoms with Crippen LogP contribution in [0.1, 0.15) is 34.2 Å². The van der Waals surface area contributed by atoms with E-state index < -0.39 is 0 Å². The Balaban J connectivity index is 1.56. The van der Waals surface area contributed by atoms with E-state index in [0.29, 0.717) is 35.2 Å². The molecule has 1 atom stereocenters. The standard InChI is InChI=1S/C24H28ClN3O3/c1-16(14-28-18(3)11-17(2)27-28)13-26-24(29)20-7-10-22(23(12-20)30-4)31-15-19-5-8-21(25)9-6-19/h5-12,16H,13-15H2,1-4H3,(H,26,29). The number of halogens is 1. The summed E-state index contributed by atoms with van der Waals surface area (Å²) in [7, 11) is 1.56. The van der Waals surface area contributed by atoms with E-state index in [1.165, 1.54) is 0 Å². The molecule has 2 aromatic carbocycles. The van der Waals surface area contributed by atoms with Crippen LogP contribution in [0.2, 0.25) is 5.02 Å². The lowest BCUT2D eigenvalue weighted by molar-refractivity contribution is 0.0946. The summed E-state index contributed by atoms with van der Waals surface area (Å²) in [5.41, 5.74) is 3.63. The minimum atomic E-state index is -0.150. The van der Waals surface area contributed by atoms with Crippen LogP contribution in [0.5, 0.6) is 11.5 Å². The van der Waals surface area contributed by atoms with Gasteiger partial charge in [0, 0.05) is 29.4 Å². The smallest absolute Gasteiger partial charge is 0.251 e. The van der Waals surface area contributed by atoms with Crippen molar-refractivity contribution in [1.82, 2.24) is 15.1 Å². The molecule has 7 heteroatoms. The minimum Gasteiger partial charge on any atom is -0.493 e. The number of carbonyl (C=O) groups excluding carboxylic acids is 1. The molecule has 0 saturated heterocycles. The molecular formula is C24H28ClN3O3. The third-order valence-corrected chi connectivity index (χ3v) is 5.18. The van der Waals surface area contributed by atoms with Gasteiger partial charge in [-0.1, -0.05) is 30.7 Å². The molecule has 164 valence electrons. The van der Waals surface area contributed by atoms with Crippen molar-refractivity contribution in [1.29, 1.82) is 0 Å². The normalized spacial score (nSPS) is 11.8. The Morgan fingerprint density at radius 3 is 2.52 bits per heavy atom. The van der Waals surface area contributed by atoms with E-state index in [9.17, 15) is 4.79 Å². The Morgan fingerprint density at radius 2 is 1.87 bits per heavy atom. The Labute approximate surface area is 188 Å². The van der Waals surface area contributed by atoms with Crippen LogP contribution in [-0.4, -0.2) is 29.3 Å². The molecule has 1 N–H and O–H groups in total. The van der Waals surface area contributed by atoms with Crippen LogP contribution in [0, 0.1) is 19.8 Å². The highest BCUT2D eigenvalue weighted by atomic mass is 35.5. The van der Waals surface area contributed by atoms with Gasteiger partial charge in [0.2, 0.25) is 0 Å². The Kier molecular flexibility index (Phi) is 7.58. The molecule has 3 aromatic rings. The predicted molar refractivity (Wildman–Crippen MR) is 122 cm³/mol. The lowest BCUT2D eigenvalue weighted by atomic mass is 10.1. The fourth-order valence-corrected chi connectivity index (χ4v) is 3.38.